The summed E-state index contributed by atoms with van der Waals surface area (Å²) >= 11 is 0. The van der Waals surface area contributed by atoms with E-state index in [0.717, 1.165) is 23.3 Å². The molecule has 1 aromatic rings. The van der Waals surface area contributed by atoms with Gasteiger partial charge in [0.15, 0.2) is 12.6 Å². The quantitative estimate of drug-likeness (QED) is 0.666. The maximum absolute atomic E-state index is 12.6. The molecule has 3 N–H and O–H groups in total. The van der Waals surface area contributed by atoms with Gasteiger partial charge in [0.2, 0.25) is 0 Å². The van der Waals surface area contributed by atoms with Gasteiger partial charge in [0.05, 0.1) is 7.05 Å². The Morgan fingerprint density at radius 1 is 1.23 bits per heavy atom. The molecule has 2 amide bonds. The number of amides is 2. The van der Waals surface area contributed by atoms with Gasteiger partial charge in [-0.05, 0) is 26.7 Å². The molecule has 0 radical (unpaired) electrons. The minimum absolute atomic E-state index is 0.00328. The van der Waals surface area contributed by atoms with Crippen LogP contribution in [0.25, 0.3) is 0 Å². The Balaban J connectivity index is 2.08. The number of carbonyl (C=O) groups is 2. The molecule has 0 spiro atoms. The zero-order chi connectivity index (χ0) is 16.1. The van der Waals surface area contributed by atoms with Crippen LogP contribution in [-0.2, 0) is 9.59 Å². The van der Waals surface area contributed by atoms with Crippen LogP contribution < -0.4 is 15.5 Å². The molecule has 1 aliphatic rings. The van der Waals surface area contributed by atoms with E-state index in [4.69, 9.17) is 0 Å². The summed E-state index contributed by atoms with van der Waals surface area (Å²) in [6.45, 7) is 4.14. The highest BCUT2D eigenvalue weighted by atomic mass is 16.2. The van der Waals surface area contributed by atoms with Crippen molar-refractivity contribution in [2.45, 2.75) is 44.8 Å². The molecule has 0 aromatic heterocycles. The van der Waals surface area contributed by atoms with Gasteiger partial charge in [-0.3, -0.25) is 9.59 Å². The Bertz CT molecular complexity index is 512. The lowest BCUT2D eigenvalue weighted by atomic mass is 10.0. The summed E-state index contributed by atoms with van der Waals surface area (Å²) in [5.41, 5.74) is 0.940. The summed E-state index contributed by atoms with van der Waals surface area (Å²) in [5.74, 6) is -0.0313. The third-order valence-corrected chi connectivity index (χ3v) is 3.70. The molecule has 2 rings (SSSR count). The van der Waals surface area contributed by atoms with Crippen LogP contribution in [0.2, 0.25) is 0 Å². The first-order valence-electron chi connectivity index (χ1n) is 7.94. The predicted molar refractivity (Wildman–Crippen MR) is 85.4 cm³/mol. The highest BCUT2D eigenvalue weighted by Crippen LogP contribution is 2.20. The van der Waals surface area contributed by atoms with Gasteiger partial charge in [0, 0.05) is 17.6 Å². The molecule has 1 aliphatic carbocycles. The molecule has 120 valence electrons. The fourth-order valence-corrected chi connectivity index (χ4v) is 2.55. The van der Waals surface area contributed by atoms with Gasteiger partial charge >= 0.3 is 0 Å². The van der Waals surface area contributed by atoms with Crippen LogP contribution in [0, 0.1) is 0 Å². The Hall–Kier alpha value is -1.88. The molecule has 22 heavy (non-hydrogen) atoms. The van der Waals surface area contributed by atoms with Crippen molar-refractivity contribution in [1.82, 2.24) is 10.6 Å². The molecular weight excluding hydrogens is 278 g/mol. The fourth-order valence-electron chi connectivity index (χ4n) is 2.55. The molecule has 0 aliphatic heterocycles. The van der Waals surface area contributed by atoms with E-state index in [-0.39, 0.29) is 30.4 Å². The number of rotatable bonds is 7. The maximum atomic E-state index is 12.6. The molecular formula is C17H26N3O2+. The summed E-state index contributed by atoms with van der Waals surface area (Å²) in [5, 5.41) is 5.94. The summed E-state index contributed by atoms with van der Waals surface area (Å²) in [6.07, 6.45) is 2.11. The topological polar surface area (TPSA) is 62.6 Å². The van der Waals surface area contributed by atoms with E-state index in [9.17, 15) is 9.59 Å². The third-order valence-electron chi connectivity index (χ3n) is 3.70. The van der Waals surface area contributed by atoms with E-state index in [1.165, 1.54) is 0 Å². The SMILES string of the molecule is CC(C)NC(=O)C[NH+](C)[C@H](C(=O)NC1CC1)c1ccccc1. The van der Waals surface area contributed by atoms with E-state index in [0.29, 0.717) is 6.04 Å². The molecule has 0 saturated heterocycles. The first kappa shape index (κ1) is 16.5. The highest BCUT2D eigenvalue weighted by molar-refractivity contribution is 5.83. The second-order valence-electron chi connectivity index (χ2n) is 6.37. The van der Waals surface area contributed by atoms with Crippen molar-refractivity contribution in [3.63, 3.8) is 0 Å². The van der Waals surface area contributed by atoms with Crippen molar-refractivity contribution < 1.29 is 14.5 Å². The number of carbonyl (C=O) groups excluding carboxylic acids is 2. The summed E-state index contributed by atoms with van der Waals surface area (Å²) in [6, 6.07) is 9.73. The van der Waals surface area contributed by atoms with Crippen molar-refractivity contribution >= 4 is 11.8 Å². The van der Waals surface area contributed by atoms with Gasteiger partial charge in [-0.2, -0.15) is 0 Å². The Morgan fingerprint density at radius 3 is 2.41 bits per heavy atom. The Morgan fingerprint density at radius 2 is 1.86 bits per heavy atom. The molecule has 5 nitrogen and oxygen atoms in total. The van der Waals surface area contributed by atoms with E-state index in [2.05, 4.69) is 10.6 Å². The van der Waals surface area contributed by atoms with Crippen LogP contribution in [0.5, 0.6) is 0 Å². The second kappa shape index (κ2) is 7.40. The monoisotopic (exact) mass is 304 g/mol. The zero-order valence-electron chi connectivity index (χ0n) is 13.6. The van der Waals surface area contributed by atoms with Crippen LogP contribution in [0.1, 0.15) is 38.3 Å². The number of likely N-dealkylation sites (N-methyl/N-ethyl adjacent to an activating group) is 1. The van der Waals surface area contributed by atoms with Crippen molar-refractivity contribution in [2.75, 3.05) is 13.6 Å². The Labute approximate surface area is 132 Å². The summed E-state index contributed by atoms with van der Waals surface area (Å²) in [7, 11) is 1.89. The lowest BCUT2D eigenvalue weighted by Crippen LogP contribution is -3.11. The lowest BCUT2D eigenvalue weighted by Gasteiger charge is -2.24. The summed E-state index contributed by atoms with van der Waals surface area (Å²) in [4.78, 5) is 25.4. The van der Waals surface area contributed by atoms with Crippen molar-refractivity contribution in [2.24, 2.45) is 0 Å². The normalized spacial score (nSPS) is 16.9. The van der Waals surface area contributed by atoms with E-state index < -0.39 is 0 Å². The summed E-state index contributed by atoms with van der Waals surface area (Å²) < 4.78 is 0. The third kappa shape index (κ3) is 4.84. The van der Waals surface area contributed by atoms with Crippen molar-refractivity contribution in [3.8, 4) is 0 Å². The van der Waals surface area contributed by atoms with Gasteiger partial charge in [0.1, 0.15) is 0 Å². The smallest absolute Gasteiger partial charge is 0.283 e. The lowest BCUT2D eigenvalue weighted by molar-refractivity contribution is -0.894. The van der Waals surface area contributed by atoms with Crippen LogP contribution in [0.4, 0.5) is 0 Å². The van der Waals surface area contributed by atoms with Crippen LogP contribution in [-0.4, -0.2) is 37.5 Å². The second-order valence-corrected chi connectivity index (χ2v) is 6.37. The molecule has 1 aromatic carbocycles. The Kier molecular flexibility index (Phi) is 5.55. The number of quaternary nitrogens is 1. The van der Waals surface area contributed by atoms with E-state index in [1.807, 2.05) is 51.2 Å². The molecule has 1 unspecified atom stereocenters. The number of nitrogens with one attached hydrogen (secondary N) is 3. The van der Waals surface area contributed by atoms with Crippen LogP contribution in [0.15, 0.2) is 30.3 Å². The average molecular weight is 304 g/mol. The number of hydrogen-bond donors (Lipinski definition) is 3. The maximum Gasteiger partial charge on any atom is 0.283 e. The first-order chi connectivity index (χ1) is 10.5. The van der Waals surface area contributed by atoms with E-state index in [1.54, 1.807) is 0 Å². The number of hydrogen-bond acceptors (Lipinski definition) is 2. The molecule has 0 heterocycles. The van der Waals surface area contributed by atoms with Gasteiger partial charge < -0.3 is 15.5 Å². The molecule has 1 fully saturated rings. The van der Waals surface area contributed by atoms with Crippen molar-refractivity contribution in [1.29, 1.82) is 0 Å². The highest BCUT2D eigenvalue weighted by Gasteiger charge is 2.34. The molecule has 1 saturated carbocycles. The fraction of sp³-hybridized carbons (Fsp3) is 0.529. The van der Waals surface area contributed by atoms with Gasteiger partial charge in [-0.15, -0.1) is 0 Å². The zero-order valence-corrected chi connectivity index (χ0v) is 13.6. The van der Waals surface area contributed by atoms with Crippen LogP contribution in [0.3, 0.4) is 0 Å². The average Bonchev–Trinajstić information content (AvgIpc) is 3.22. The predicted octanol–water partition coefficient (Wildman–Crippen LogP) is 0.0456. The molecule has 5 heteroatoms. The largest absolute Gasteiger partial charge is 0.349 e. The molecule has 0 bridgehead atoms. The van der Waals surface area contributed by atoms with Crippen molar-refractivity contribution in [3.05, 3.63) is 35.9 Å². The van der Waals surface area contributed by atoms with Crippen LogP contribution >= 0.6 is 0 Å². The number of benzene rings is 1. The minimum Gasteiger partial charge on any atom is -0.349 e. The first-order valence-corrected chi connectivity index (χ1v) is 7.94. The van der Waals surface area contributed by atoms with Gasteiger partial charge in [0.25, 0.3) is 11.8 Å². The van der Waals surface area contributed by atoms with Gasteiger partial charge in [-0.25, -0.2) is 0 Å². The standard InChI is InChI=1S/C17H25N3O2/c1-12(2)18-15(21)11-20(3)16(13-7-5-4-6-8-13)17(22)19-14-9-10-14/h4-8,12,14,16H,9-11H2,1-3H3,(H,18,21)(H,19,22)/p+1/t16-/m0/s1. The van der Waals surface area contributed by atoms with E-state index >= 15 is 0 Å². The molecule has 2 atom stereocenters. The minimum atomic E-state index is -0.361. The van der Waals surface area contributed by atoms with Gasteiger partial charge in [-0.1, -0.05) is 30.3 Å².